The van der Waals surface area contributed by atoms with E-state index in [1.54, 1.807) is 6.92 Å². The van der Waals surface area contributed by atoms with Gasteiger partial charge in [0.05, 0.1) is 6.61 Å². The number of carbonyl (C=O) groups excluding carboxylic acids is 1. The van der Waals surface area contributed by atoms with Crippen molar-refractivity contribution in [2.75, 3.05) is 6.61 Å². The predicted octanol–water partition coefficient (Wildman–Crippen LogP) is 2.94. The molecule has 0 aromatic rings. The van der Waals surface area contributed by atoms with Gasteiger partial charge in [0.15, 0.2) is 0 Å². The molecule has 96 valence electrons. The molecular formula is C11H20BrFO3. The van der Waals surface area contributed by atoms with Gasteiger partial charge in [-0.15, -0.1) is 0 Å². The van der Waals surface area contributed by atoms with Crippen LogP contribution in [0.3, 0.4) is 0 Å². The van der Waals surface area contributed by atoms with Gasteiger partial charge in [-0.3, -0.25) is 0 Å². The molecule has 1 N–H and O–H groups in total. The van der Waals surface area contributed by atoms with Crippen molar-refractivity contribution in [1.82, 2.24) is 0 Å². The first-order valence-electron chi connectivity index (χ1n) is 5.69. The Morgan fingerprint density at radius 1 is 1.44 bits per heavy atom. The number of ether oxygens (including phenoxy) is 1. The monoisotopic (exact) mass is 298 g/mol. The lowest BCUT2D eigenvalue weighted by molar-refractivity contribution is -0.156. The molecule has 0 bridgehead atoms. The summed E-state index contributed by atoms with van der Waals surface area (Å²) in [5.74, 6) is -1.06. The van der Waals surface area contributed by atoms with Gasteiger partial charge in [-0.2, -0.15) is 0 Å². The van der Waals surface area contributed by atoms with Crippen LogP contribution in [0.1, 0.15) is 46.0 Å². The fourth-order valence-electron chi connectivity index (χ4n) is 1.31. The summed E-state index contributed by atoms with van der Waals surface area (Å²) < 4.78 is 15.8. The third-order valence-corrected chi connectivity index (χ3v) is 3.15. The molecule has 0 fully saturated rings. The zero-order valence-electron chi connectivity index (χ0n) is 9.84. The first-order chi connectivity index (χ1) is 7.46. The van der Waals surface area contributed by atoms with Crippen LogP contribution in [0, 0.1) is 0 Å². The van der Waals surface area contributed by atoms with Crippen LogP contribution >= 0.6 is 15.9 Å². The molecule has 16 heavy (non-hydrogen) atoms. The maximum atomic E-state index is 13.8. The van der Waals surface area contributed by atoms with Crippen LogP contribution in [0.5, 0.6) is 0 Å². The maximum absolute atomic E-state index is 13.8. The van der Waals surface area contributed by atoms with E-state index in [9.17, 15) is 14.3 Å². The Labute approximate surface area is 104 Å². The second-order valence-corrected chi connectivity index (χ2v) is 4.86. The van der Waals surface area contributed by atoms with Gasteiger partial charge in [0.2, 0.25) is 0 Å². The SMILES string of the molecule is CCCCCC[C@H](O)[C@](F)(Br)C(=O)OCC. The van der Waals surface area contributed by atoms with Gasteiger partial charge >= 0.3 is 5.97 Å². The highest BCUT2D eigenvalue weighted by Gasteiger charge is 2.44. The van der Waals surface area contributed by atoms with E-state index in [2.05, 4.69) is 27.6 Å². The van der Waals surface area contributed by atoms with Gasteiger partial charge in [0, 0.05) is 0 Å². The number of hydrogen-bond acceptors (Lipinski definition) is 3. The van der Waals surface area contributed by atoms with E-state index >= 15 is 0 Å². The largest absolute Gasteiger partial charge is 0.463 e. The van der Waals surface area contributed by atoms with Crippen LogP contribution in [0.4, 0.5) is 4.39 Å². The fraction of sp³-hybridized carbons (Fsp3) is 0.909. The Balaban J connectivity index is 4.03. The number of hydrogen-bond donors (Lipinski definition) is 1. The lowest BCUT2D eigenvalue weighted by atomic mass is 10.1. The molecule has 0 heterocycles. The lowest BCUT2D eigenvalue weighted by Crippen LogP contribution is -2.41. The van der Waals surface area contributed by atoms with Gasteiger partial charge in [0.25, 0.3) is 4.58 Å². The Morgan fingerprint density at radius 2 is 2.06 bits per heavy atom. The number of halogens is 2. The number of unbranched alkanes of at least 4 members (excludes halogenated alkanes) is 3. The van der Waals surface area contributed by atoms with Crippen LogP contribution in [0.25, 0.3) is 0 Å². The molecule has 0 amide bonds. The summed E-state index contributed by atoms with van der Waals surface area (Å²) in [5, 5.41) is 9.55. The summed E-state index contributed by atoms with van der Waals surface area (Å²) >= 11 is 2.59. The highest BCUT2D eigenvalue weighted by atomic mass is 79.9. The summed E-state index contributed by atoms with van der Waals surface area (Å²) in [7, 11) is 0. The molecule has 0 aromatic heterocycles. The first kappa shape index (κ1) is 15.8. The molecule has 0 saturated heterocycles. The Morgan fingerprint density at radius 3 is 2.56 bits per heavy atom. The number of alkyl halides is 2. The van der Waals surface area contributed by atoms with Crippen molar-refractivity contribution in [3.8, 4) is 0 Å². The number of esters is 1. The Hall–Kier alpha value is -0.160. The molecule has 0 spiro atoms. The molecule has 0 aliphatic carbocycles. The minimum absolute atomic E-state index is 0.0959. The van der Waals surface area contributed by atoms with Crippen LogP contribution in [-0.4, -0.2) is 28.4 Å². The average Bonchev–Trinajstić information content (AvgIpc) is 2.24. The summed E-state index contributed by atoms with van der Waals surface area (Å²) in [5.41, 5.74) is 0. The smallest absolute Gasteiger partial charge is 0.357 e. The zero-order valence-corrected chi connectivity index (χ0v) is 11.4. The first-order valence-corrected chi connectivity index (χ1v) is 6.49. The summed E-state index contributed by atoms with van der Waals surface area (Å²) in [4.78, 5) is 11.2. The number of rotatable bonds is 8. The molecule has 5 heteroatoms. The van der Waals surface area contributed by atoms with E-state index in [0.29, 0.717) is 6.42 Å². The third kappa shape index (κ3) is 5.25. The molecular weight excluding hydrogens is 279 g/mol. The lowest BCUT2D eigenvalue weighted by Gasteiger charge is -2.22. The van der Waals surface area contributed by atoms with Crippen LogP contribution in [-0.2, 0) is 9.53 Å². The molecule has 0 aliphatic rings. The van der Waals surface area contributed by atoms with E-state index in [1.807, 2.05) is 0 Å². The normalized spacial score (nSPS) is 16.6. The predicted molar refractivity (Wildman–Crippen MR) is 64.2 cm³/mol. The summed E-state index contributed by atoms with van der Waals surface area (Å²) in [6, 6.07) is 0. The number of carbonyl (C=O) groups is 1. The van der Waals surface area contributed by atoms with Crippen molar-refractivity contribution in [2.24, 2.45) is 0 Å². The van der Waals surface area contributed by atoms with E-state index in [1.165, 1.54) is 0 Å². The van der Waals surface area contributed by atoms with Gasteiger partial charge in [-0.1, -0.05) is 32.6 Å². The second-order valence-electron chi connectivity index (χ2n) is 3.71. The van der Waals surface area contributed by atoms with Crippen LogP contribution in [0.2, 0.25) is 0 Å². The molecule has 0 aliphatic heterocycles. The molecule has 0 saturated carbocycles. The van der Waals surface area contributed by atoms with E-state index < -0.39 is 16.7 Å². The highest BCUT2D eigenvalue weighted by molar-refractivity contribution is 9.10. The fourth-order valence-corrected chi connectivity index (χ4v) is 1.65. The standard InChI is InChI=1S/C11H20BrFO3/c1-3-5-6-7-8-9(14)11(12,13)10(15)16-4-2/h9,14H,3-8H2,1-2H3/t9-,11+/m0/s1. The minimum atomic E-state index is -2.48. The van der Waals surface area contributed by atoms with Gasteiger partial charge in [0.1, 0.15) is 6.10 Å². The second kappa shape index (κ2) is 8.01. The van der Waals surface area contributed by atoms with Crippen LogP contribution in [0.15, 0.2) is 0 Å². The van der Waals surface area contributed by atoms with Crippen molar-refractivity contribution in [3.63, 3.8) is 0 Å². The van der Waals surface area contributed by atoms with Crippen molar-refractivity contribution in [3.05, 3.63) is 0 Å². The van der Waals surface area contributed by atoms with Crippen molar-refractivity contribution in [1.29, 1.82) is 0 Å². The highest BCUT2D eigenvalue weighted by Crippen LogP contribution is 2.29. The van der Waals surface area contributed by atoms with E-state index in [4.69, 9.17) is 0 Å². The number of aliphatic hydroxyl groups excluding tert-OH is 1. The Bertz CT molecular complexity index is 209. The molecule has 0 unspecified atom stereocenters. The van der Waals surface area contributed by atoms with Crippen molar-refractivity contribution in [2.45, 2.75) is 56.6 Å². The van der Waals surface area contributed by atoms with Gasteiger partial charge in [-0.05, 0) is 29.3 Å². The van der Waals surface area contributed by atoms with Crippen molar-refractivity contribution < 1.29 is 19.0 Å². The topological polar surface area (TPSA) is 46.5 Å². The van der Waals surface area contributed by atoms with E-state index in [-0.39, 0.29) is 13.0 Å². The number of aliphatic hydroxyl groups is 1. The quantitative estimate of drug-likeness (QED) is 0.426. The van der Waals surface area contributed by atoms with Crippen molar-refractivity contribution >= 4 is 21.9 Å². The third-order valence-electron chi connectivity index (χ3n) is 2.30. The van der Waals surface area contributed by atoms with Gasteiger partial charge in [-0.25, -0.2) is 9.18 Å². The molecule has 2 atom stereocenters. The maximum Gasteiger partial charge on any atom is 0.357 e. The summed E-state index contributed by atoms with van der Waals surface area (Å²) in [6.07, 6.45) is 2.64. The molecule has 0 aromatic carbocycles. The Kier molecular flexibility index (Phi) is 7.93. The molecule has 0 rings (SSSR count). The summed E-state index contributed by atoms with van der Waals surface area (Å²) in [6.45, 7) is 3.76. The average molecular weight is 299 g/mol. The van der Waals surface area contributed by atoms with Gasteiger partial charge < -0.3 is 9.84 Å². The molecule has 0 radical (unpaired) electrons. The van der Waals surface area contributed by atoms with E-state index in [0.717, 1.165) is 19.3 Å². The zero-order chi connectivity index (χ0) is 12.6. The molecule has 3 nitrogen and oxygen atoms in total. The minimum Gasteiger partial charge on any atom is -0.463 e. The van der Waals surface area contributed by atoms with Crippen LogP contribution < -0.4 is 0 Å².